The first-order valence-corrected chi connectivity index (χ1v) is 12.1. The molecule has 162 valence electrons. The summed E-state index contributed by atoms with van der Waals surface area (Å²) in [6.07, 6.45) is 1.55. The summed E-state index contributed by atoms with van der Waals surface area (Å²) < 4.78 is 27.4. The third-order valence-corrected chi connectivity index (χ3v) is 8.14. The Balaban J connectivity index is 1.61. The summed E-state index contributed by atoms with van der Waals surface area (Å²) in [5, 5.41) is 1.04. The second-order valence-corrected chi connectivity index (χ2v) is 10.5. The molecule has 0 bridgehead atoms. The summed E-state index contributed by atoms with van der Waals surface area (Å²) in [7, 11) is -3.81. The smallest absolute Gasteiger partial charge is 0.244 e. The number of halogens is 4. The fourth-order valence-electron chi connectivity index (χ4n) is 3.28. The molecule has 1 heterocycles. The molecule has 1 atom stereocenters. The van der Waals surface area contributed by atoms with E-state index in [1.54, 1.807) is 24.3 Å². The number of rotatable bonds is 6. The molecule has 1 fully saturated rings. The molecule has 11 heteroatoms. The van der Waals surface area contributed by atoms with Crippen LogP contribution in [0, 0.1) is 5.92 Å². The van der Waals surface area contributed by atoms with Gasteiger partial charge in [-0.15, -0.1) is 0 Å². The Morgan fingerprint density at radius 1 is 1.10 bits per heavy atom. The number of anilines is 1. The van der Waals surface area contributed by atoms with E-state index >= 15 is 0 Å². The monoisotopic (exact) mass is 509 g/mol. The van der Waals surface area contributed by atoms with Crippen molar-refractivity contribution in [3.8, 4) is 0 Å². The first-order valence-electron chi connectivity index (χ1n) is 9.12. The number of piperidine rings is 1. The highest BCUT2D eigenvalue weighted by atomic mass is 35.5. The quantitative estimate of drug-likeness (QED) is 0.521. The van der Waals surface area contributed by atoms with Crippen LogP contribution in [0.2, 0.25) is 20.1 Å². The van der Waals surface area contributed by atoms with Gasteiger partial charge in [0.25, 0.3) is 0 Å². The molecule has 2 aromatic carbocycles. The van der Waals surface area contributed by atoms with Crippen LogP contribution in [0.5, 0.6) is 0 Å². The Bertz CT molecular complexity index is 1050. The van der Waals surface area contributed by atoms with Crippen LogP contribution in [0.25, 0.3) is 0 Å². The van der Waals surface area contributed by atoms with Gasteiger partial charge in [0.1, 0.15) is 4.90 Å². The zero-order valence-electron chi connectivity index (χ0n) is 15.7. The number of hydrazine groups is 1. The predicted octanol–water partition coefficient (Wildman–Crippen LogP) is 5.23. The molecule has 1 aliphatic rings. The standard InChI is InChI=1S/C19H19Cl4N3O3S/c20-13-6-7-16(15(22)10-13)24-25-18(27)9-12-3-2-8-26(11-12)30(28,29)17-5-1-4-14(21)19(17)23/h1,4-7,10,12,24H,2-3,8-9,11H2,(H,25,27). The molecule has 0 aromatic heterocycles. The molecule has 0 spiro atoms. The van der Waals surface area contributed by atoms with Gasteiger partial charge in [0.05, 0.1) is 20.8 Å². The molecular formula is C19H19Cl4N3O3S. The van der Waals surface area contributed by atoms with Gasteiger partial charge in [0.2, 0.25) is 15.9 Å². The minimum Gasteiger partial charge on any atom is -0.297 e. The molecular weight excluding hydrogens is 492 g/mol. The third-order valence-electron chi connectivity index (χ3n) is 4.76. The lowest BCUT2D eigenvalue weighted by Gasteiger charge is -2.32. The minimum atomic E-state index is -3.81. The average Bonchev–Trinajstić information content (AvgIpc) is 2.69. The Morgan fingerprint density at radius 2 is 1.87 bits per heavy atom. The van der Waals surface area contributed by atoms with E-state index in [0.29, 0.717) is 28.7 Å². The van der Waals surface area contributed by atoms with E-state index in [2.05, 4.69) is 10.9 Å². The summed E-state index contributed by atoms with van der Waals surface area (Å²) in [5.41, 5.74) is 5.85. The maximum Gasteiger partial charge on any atom is 0.244 e. The number of nitrogens with one attached hydrogen (secondary N) is 2. The zero-order valence-corrected chi connectivity index (χ0v) is 19.5. The number of hydrogen-bond donors (Lipinski definition) is 2. The van der Waals surface area contributed by atoms with Gasteiger partial charge in [-0.05, 0) is 49.1 Å². The largest absolute Gasteiger partial charge is 0.297 e. The summed E-state index contributed by atoms with van der Waals surface area (Å²) in [4.78, 5) is 12.3. The molecule has 2 aromatic rings. The van der Waals surface area contributed by atoms with Gasteiger partial charge < -0.3 is 0 Å². The third kappa shape index (κ3) is 5.52. The van der Waals surface area contributed by atoms with Crippen molar-refractivity contribution in [2.24, 2.45) is 5.92 Å². The number of carbonyl (C=O) groups is 1. The Kier molecular flexibility index (Phi) is 7.76. The molecule has 2 N–H and O–H groups in total. The van der Waals surface area contributed by atoms with Crippen LogP contribution in [-0.2, 0) is 14.8 Å². The SMILES string of the molecule is O=C(CC1CCCN(S(=O)(=O)c2cccc(Cl)c2Cl)C1)NNc1ccc(Cl)cc1Cl. The zero-order chi connectivity index (χ0) is 21.9. The number of carbonyl (C=O) groups excluding carboxylic acids is 1. The van der Waals surface area contributed by atoms with Gasteiger partial charge in [0.15, 0.2) is 0 Å². The maximum absolute atomic E-state index is 13.0. The fraction of sp³-hybridized carbons (Fsp3) is 0.316. The lowest BCUT2D eigenvalue weighted by molar-refractivity contribution is -0.121. The van der Waals surface area contributed by atoms with Crippen molar-refractivity contribution in [2.75, 3.05) is 18.5 Å². The highest BCUT2D eigenvalue weighted by molar-refractivity contribution is 7.89. The number of amides is 1. The van der Waals surface area contributed by atoms with E-state index in [4.69, 9.17) is 46.4 Å². The predicted molar refractivity (Wildman–Crippen MR) is 121 cm³/mol. The van der Waals surface area contributed by atoms with E-state index in [1.807, 2.05) is 0 Å². The minimum absolute atomic E-state index is 0.00285. The van der Waals surface area contributed by atoms with E-state index in [0.717, 1.165) is 6.42 Å². The lowest BCUT2D eigenvalue weighted by Crippen LogP contribution is -2.42. The molecule has 0 aliphatic carbocycles. The summed E-state index contributed by atoms with van der Waals surface area (Å²) in [6, 6.07) is 9.36. The first-order chi connectivity index (χ1) is 14.2. The van der Waals surface area contributed by atoms with Gasteiger partial charge in [-0.1, -0.05) is 52.5 Å². The van der Waals surface area contributed by atoms with Crippen molar-refractivity contribution in [2.45, 2.75) is 24.2 Å². The van der Waals surface area contributed by atoms with Gasteiger partial charge in [-0.3, -0.25) is 15.6 Å². The van der Waals surface area contributed by atoms with Crippen LogP contribution < -0.4 is 10.9 Å². The molecule has 30 heavy (non-hydrogen) atoms. The molecule has 1 aliphatic heterocycles. The van der Waals surface area contributed by atoms with Crippen LogP contribution >= 0.6 is 46.4 Å². The topological polar surface area (TPSA) is 78.5 Å². The molecule has 3 rings (SSSR count). The Hall–Kier alpha value is -1.22. The van der Waals surface area contributed by atoms with Gasteiger partial charge in [-0.25, -0.2) is 8.42 Å². The highest BCUT2D eigenvalue weighted by Crippen LogP contribution is 2.33. The van der Waals surface area contributed by atoms with Crippen molar-refractivity contribution in [1.82, 2.24) is 9.73 Å². The van der Waals surface area contributed by atoms with Crippen molar-refractivity contribution >= 4 is 68.0 Å². The van der Waals surface area contributed by atoms with Crippen LogP contribution in [0.15, 0.2) is 41.3 Å². The summed E-state index contributed by atoms with van der Waals surface area (Å²) in [5.74, 6) is -0.403. The van der Waals surface area contributed by atoms with Crippen molar-refractivity contribution in [1.29, 1.82) is 0 Å². The second kappa shape index (κ2) is 9.94. The molecule has 0 radical (unpaired) electrons. The highest BCUT2D eigenvalue weighted by Gasteiger charge is 2.32. The van der Waals surface area contributed by atoms with Crippen LogP contribution in [-0.4, -0.2) is 31.7 Å². The Morgan fingerprint density at radius 3 is 2.60 bits per heavy atom. The summed E-state index contributed by atoms with van der Waals surface area (Å²) in [6.45, 7) is 0.586. The maximum atomic E-state index is 13.0. The lowest BCUT2D eigenvalue weighted by atomic mass is 9.96. The van der Waals surface area contributed by atoms with Crippen LogP contribution in [0.4, 0.5) is 5.69 Å². The van der Waals surface area contributed by atoms with Crippen molar-refractivity contribution in [3.63, 3.8) is 0 Å². The van der Waals surface area contributed by atoms with E-state index in [9.17, 15) is 13.2 Å². The van der Waals surface area contributed by atoms with Crippen LogP contribution in [0.3, 0.4) is 0 Å². The van der Waals surface area contributed by atoms with E-state index < -0.39 is 10.0 Å². The molecule has 1 saturated heterocycles. The van der Waals surface area contributed by atoms with Crippen LogP contribution in [0.1, 0.15) is 19.3 Å². The number of hydrogen-bond acceptors (Lipinski definition) is 4. The normalized spacial score (nSPS) is 17.5. The average molecular weight is 511 g/mol. The van der Waals surface area contributed by atoms with Gasteiger partial charge in [-0.2, -0.15) is 4.31 Å². The van der Waals surface area contributed by atoms with E-state index in [-0.39, 0.29) is 39.7 Å². The number of sulfonamides is 1. The Labute approximate surface area is 195 Å². The van der Waals surface area contributed by atoms with Gasteiger partial charge in [0, 0.05) is 24.5 Å². The number of benzene rings is 2. The van der Waals surface area contributed by atoms with Crippen molar-refractivity contribution in [3.05, 3.63) is 56.5 Å². The first kappa shape index (κ1) is 23.4. The number of nitrogens with zero attached hydrogens (tertiary/aromatic N) is 1. The molecule has 1 unspecified atom stereocenters. The molecule has 0 saturated carbocycles. The van der Waals surface area contributed by atoms with E-state index in [1.165, 1.54) is 16.4 Å². The molecule has 1 amide bonds. The summed E-state index contributed by atoms with van der Waals surface area (Å²) >= 11 is 24.0. The second-order valence-electron chi connectivity index (χ2n) is 6.92. The van der Waals surface area contributed by atoms with Gasteiger partial charge >= 0.3 is 0 Å². The molecule has 6 nitrogen and oxygen atoms in total. The van der Waals surface area contributed by atoms with Crippen molar-refractivity contribution < 1.29 is 13.2 Å². The fourth-order valence-corrected chi connectivity index (χ4v) is 6.02.